The molecule has 2 heterocycles. The van der Waals surface area contributed by atoms with Gasteiger partial charge in [0.2, 0.25) is 0 Å². The topological polar surface area (TPSA) is 21.1 Å². The zero-order valence-corrected chi connectivity index (χ0v) is 17.5. The summed E-state index contributed by atoms with van der Waals surface area (Å²) in [5.41, 5.74) is 5.30. The van der Waals surface area contributed by atoms with Crippen molar-refractivity contribution in [3.63, 3.8) is 0 Å². The Balaban J connectivity index is 0.000000260. The third-order valence-electron chi connectivity index (χ3n) is 5.36. The second-order valence-electron chi connectivity index (χ2n) is 7.70. The lowest BCUT2D eigenvalue weighted by molar-refractivity contribution is 0.624. The summed E-state index contributed by atoms with van der Waals surface area (Å²) >= 11 is 0. The molecule has 1 aromatic carbocycles. The van der Waals surface area contributed by atoms with Gasteiger partial charge in [-0.2, -0.15) is 5.10 Å². The van der Waals surface area contributed by atoms with E-state index in [0.29, 0.717) is 5.92 Å². The Labute approximate surface area is 160 Å². The van der Waals surface area contributed by atoms with Gasteiger partial charge in [0, 0.05) is 38.1 Å². The lowest BCUT2D eigenvalue weighted by Gasteiger charge is -2.31. The molecule has 0 amide bonds. The van der Waals surface area contributed by atoms with E-state index in [2.05, 4.69) is 62.2 Å². The maximum Gasteiger partial charge on any atom is 0.0568 e. The second-order valence-corrected chi connectivity index (χ2v) is 7.70. The number of rotatable bonds is 6. The van der Waals surface area contributed by atoms with Crippen LogP contribution in [0.4, 0.5) is 5.69 Å². The summed E-state index contributed by atoms with van der Waals surface area (Å²) in [6.45, 7) is 7.98. The second kappa shape index (κ2) is 10.4. The number of unbranched alkanes of at least 4 members (excludes halogenated alkanes) is 5. The first kappa shape index (κ1) is 20.5. The van der Waals surface area contributed by atoms with E-state index in [1.807, 2.05) is 17.9 Å². The first-order chi connectivity index (χ1) is 12.6. The molecule has 0 N–H and O–H groups in total. The van der Waals surface area contributed by atoms with Crippen LogP contribution in [0.25, 0.3) is 11.1 Å². The summed E-state index contributed by atoms with van der Waals surface area (Å²) < 4.78 is 1.85. The van der Waals surface area contributed by atoms with E-state index in [1.165, 1.54) is 67.3 Å². The van der Waals surface area contributed by atoms with E-state index in [1.54, 1.807) is 0 Å². The van der Waals surface area contributed by atoms with Gasteiger partial charge in [-0.15, -0.1) is 0 Å². The molecule has 3 nitrogen and oxygen atoms in total. The molecule has 1 aliphatic rings. The van der Waals surface area contributed by atoms with E-state index in [-0.39, 0.29) is 0 Å². The number of nitrogens with zero attached hydrogens (tertiary/aromatic N) is 3. The maximum atomic E-state index is 4.25. The van der Waals surface area contributed by atoms with E-state index in [4.69, 9.17) is 0 Å². The number of fused-ring (bicyclic) bond motifs is 1. The first-order valence-electron chi connectivity index (χ1n) is 10.4. The predicted molar refractivity (Wildman–Crippen MR) is 114 cm³/mol. The molecule has 3 heteroatoms. The molecule has 1 aromatic heterocycles. The minimum atomic E-state index is 0.646. The van der Waals surface area contributed by atoms with Crippen molar-refractivity contribution in [3.8, 4) is 11.1 Å². The van der Waals surface area contributed by atoms with Crippen LogP contribution in [-0.4, -0.2) is 23.4 Å². The lowest BCUT2D eigenvalue weighted by atomic mass is 9.89. The molecule has 0 unspecified atom stereocenters. The van der Waals surface area contributed by atoms with Crippen molar-refractivity contribution in [3.05, 3.63) is 36.2 Å². The zero-order valence-electron chi connectivity index (χ0n) is 17.5. The summed E-state index contributed by atoms with van der Waals surface area (Å²) in [4.78, 5) is 2.35. The van der Waals surface area contributed by atoms with Gasteiger partial charge in [-0.1, -0.05) is 65.4 Å². The monoisotopic (exact) mass is 355 g/mol. The fourth-order valence-electron chi connectivity index (χ4n) is 3.56. The maximum absolute atomic E-state index is 4.25. The molecule has 3 rings (SSSR count). The van der Waals surface area contributed by atoms with Gasteiger partial charge in [-0.25, -0.2) is 0 Å². The summed E-state index contributed by atoms with van der Waals surface area (Å²) in [5, 5.41) is 4.25. The van der Waals surface area contributed by atoms with Crippen LogP contribution in [0.5, 0.6) is 0 Å². The smallest absolute Gasteiger partial charge is 0.0568 e. The molecule has 2 aromatic rings. The molecule has 0 aliphatic carbocycles. The Morgan fingerprint density at radius 1 is 1.00 bits per heavy atom. The van der Waals surface area contributed by atoms with Crippen molar-refractivity contribution in [2.24, 2.45) is 7.05 Å². The lowest BCUT2D eigenvalue weighted by Crippen LogP contribution is -2.26. The van der Waals surface area contributed by atoms with Crippen molar-refractivity contribution in [2.45, 2.75) is 71.6 Å². The molecule has 0 radical (unpaired) electrons. The van der Waals surface area contributed by atoms with Crippen molar-refractivity contribution in [2.75, 3.05) is 18.5 Å². The number of aromatic nitrogens is 2. The molecule has 26 heavy (non-hydrogen) atoms. The summed E-state index contributed by atoms with van der Waals surface area (Å²) in [5.74, 6) is 0.646. The van der Waals surface area contributed by atoms with E-state index in [9.17, 15) is 0 Å². The van der Waals surface area contributed by atoms with Gasteiger partial charge in [0.25, 0.3) is 0 Å². The number of aryl methyl sites for hydroxylation is 1. The molecule has 0 spiro atoms. The zero-order chi connectivity index (χ0) is 18.9. The van der Waals surface area contributed by atoms with Crippen LogP contribution in [0.2, 0.25) is 0 Å². The average Bonchev–Trinajstić information content (AvgIpc) is 3.09. The van der Waals surface area contributed by atoms with E-state index < -0.39 is 0 Å². The van der Waals surface area contributed by atoms with Crippen molar-refractivity contribution in [1.82, 2.24) is 9.78 Å². The number of hydrogen-bond donors (Lipinski definition) is 0. The number of hydrogen-bond acceptors (Lipinski definition) is 2. The molecular weight excluding hydrogens is 318 g/mol. The molecule has 0 saturated heterocycles. The van der Waals surface area contributed by atoms with Crippen LogP contribution in [0, 0.1) is 0 Å². The van der Waals surface area contributed by atoms with E-state index >= 15 is 0 Å². The highest BCUT2D eigenvalue weighted by Gasteiger charge is 2.20. The molecule has 144 valence electrons. The van der Waals surface area contributed by atoms with Gasteiger partial charge in [0.1, 0.15) is 0 Å². The fraction of sp³-hybridized carbons (Fsp3) is 0.609. The van der Waals surface area contributed by atoms with Gasteiger partial charge >= 0.3 is 0 Å². The normalized spacial score (nSPS) is 16.0. The minimum Gasteiger partial charge on any atom is -0.374 e. The minimum absolute atomic E-state index is 0.646. The SMILES string of the molecule is CCCCCCCC.C[C@H]1CCN(C)c2ccc(-c3cnn(C)c3)cc21. The summed E-state index contributed by atoms with van der Waals surface area (Å²) in [7, 11) is 4.13. The number of benzene rings is 1. The Hall–Kier alpha value is -1.77. The number of anilines is 1. The standard InChI is InChI=1S/C15H19N3.C8H18/c1-11-6-7-17(2)15-5-4-12(8-14(11)15)13-9-16-18(3)10-13;1-3-5-7-8-6-4-2/h4-5,8-11H,6-7H2,1-3H3;3-8H2,1-2H3/t11-;/m0./s1. The van der Waals surface area contributed by atoms with Crippen LogP contribution in [0.3, 0.4) is 0 Å². The molecule has 1 aliphatic heterocycles. The summed E-state index contributed by atoms with van der Waals surface area (Å²) in [6, 6.07) is 6.77. The van der Waals surface area contributed by atoms with Crippen LogP contribution >= 0.6 is 0 Å². The van der Waals surface area contributed by atoms with Crippen LogP contribution < -0.4 is 4.90 Å². The highest BCUT2D eigenvalue weighted by molar-refractivity contribution is 5.69. The van der Waals surface area contributed by atoms with Gasteiger partial charge in [-0.05, 0) is 35.6 Å². The molecule has 0 fully saturated rings. The van der Waals surface area contributed by atoms with E-state index in [0.717, 1.165) is 6.54 Å². The third-order valence-corrected chi connectivity index (χ3v) is 5.36. The Bertz CT molecular complexity index is 653. The predicted octanol–water partition coefficient (Wildman–Crippen LogP) is 6.40. The van der Waals surface area contributed by atoms with Gasteiger partial charge in [-0.3, -0.25) is 4.68 Å². The fourth-order valence-corrected chi connectivity index (χ4v) is 3.56. The average molecular weight is 356 g/mol. The highest BCUT2D eigenvalue weighted by atomic mass is 15.2. The molecule has 0 saturated carbocycles. The third kappa shape index (κ3) is 5.62. The van der Waals surface area contributed by atoms with Crippen LogP contribution in [-0.2, 0) is 7.05 Å². The Morgan fingerprint density at radius 2 is 1.69 bits per heavy atom. The Morgan fingerprint density at radius 3 is 2.27 bits per heavy atom. The Kier molecular flexibility index (Phi) is 8.21. The first-order valence-corrected chi connectivity index (χ1v) is 10.4. The van der Waals surface area contributed by atoms with Crippen LogP contribution in [0.1, 0.15) is 77.2 Å². The van der Waals surface area contributed by atoms with Gasteiger partial charge < -0.3 is 4.90 Å². The van der Waals surface area contributed by atoms with Gasteiger partial charge in [0.05, 0.1) is 6.20 Å². The largest absolute Gasteiger partial charge is 0.374 e. The summed E-state index contributed by atoms with van der Waals surface area (Å²) in [6.07, 6.45) is 13.7. The van der Waals surface area contributed by atoms with Crippen LogP contribution in [0.15, 0.2) is 30.6 Å². The molecule has 0 bridgehead atoms. The highest BCUT2D eigenvalue weighted by Crippen LogP contribution is 2.36. The molecular formula is C23H37N3. The van der Waals surface area contributed by atoms with Crippen molar-refractivity contribution < 1.29 is 0 Å². The van der Waals surface area contributed by atoms with Gasteiger partial charge in [0.15, 0.2) is 0 Å². The van der Waals surface area contributed by atoms with Crippen molar-refractivity contribution >= 4 is 5.69 Å². The van der Waals surface area contributed by atoms with Crippen molar-refractivity contribution in [1.29, 1.82) is 0 Å². The molecule has 1 atom stereocenters. The quantitative estimate of drug-likeness (QED) is 0.559.